The molecule has 2 atom stereocenters. The molecule has 0 heterocycles. The molecule has 0 saturated heterocycles. The maximum atomic E-state index is 10.8. The van der Waals surface area contributed by atoms with E-state index in [2.05, 4.69) is 5.29 Å². The average molecular weight is 256 g/mol. The van der Waals surface area contributed by atoms with Crippen LogP contribution >= 0.6 is 0 Å². The van der Waals surface area contributed by atoms with Crippen molar-refractivity contribution in [2.45, 2.75) is 12.1 Å². The van der Waals surface area contributed by atoms with Crippen molar-refractivity contribution in [2.24, 2.45) is 5.29 Å². The van der Waals surface area contributed by atoms with E-state index in [1.54, 1.807) is 7.05 Å². The smallest absolute Gasteiger partial charge is 0.105 e. The fraction of sp³-hybridized carbons (Fsp3) is 0.200. The molecule has 0 aromatic heterocycles. The summed E-state index contributed by atoms with van der Waals surface area (Å²) in [7, 11) is 1.57. The third-order valence-electron chi connectivity index (χ3n) is 3.11. The van der Waals surface area contributed by atoms with Crippen molar-refractivity contribution >= 4 is 0 Å². The summed E-state index contributed by atoms with van der Waals surface area (Å²) in [6, 6.07) is 18.1. The van der Waals surface area contributed by atoms with Crippen LogP contribution in [0.15, 0.2) is 65.9 Å². The summed E-state index contributed by atoms with van der Waals surface area (Å²) >= 11 is 0. The second-order valence-electron chi connectivity index (χ2n) is 4.37. The zero-order valence-electron chi connectivity index (χ0n) is 10.7. The Morgan fingerprint density at radius 2 is 1.42 bits per heavy atom. The Kier molecular flexibility index (Phi) is 4.26. The number of hydrogen-bond acceptors (Lipinski definition) is 3. The molecule has 1 N–H and O–H groups in total. The number of rotatable bonds is 5. The van der Waals surface area contributed by atoms with E-state index in [0.29, 0.717) is 0 Å². The van der Waals surface area contributed by atoms with Crippen molar-refractivity contribution in [3.05, 3.63) is 76.7 Å². The predicted molar refractivity (Wildman–Crippen MR) is 74.1 cm³/mol. The van der Waals surface area contributed by atoms with Gasteiger partial charge in [0.25, 0.3) is 0 Å². The molecule has 0 fully saturated rings. The quantitative estimate of drug-likeness (QED) is 0.660. The van der Waals surface area contributed by atoms with Crippen molar-refractivity contribution in [2.75, 3.05) is 7.05 Å². The zero-order chi connectivity index (χ0) is 13.7. The van der Waals surface area contributed by atoms with Gasteiger partial charge in [0.2, 0.25) is 0 Å². The Bertz CT molecular complexity index is 516. The molecule has 0 amide bonds. The first kappa shape index (κ1) is 13.2. The van der Waals surface area contributed by atoms with Crippen molar-refractivity contribution in [1.82, 2.24) is 5.01 Å². The number of nitrogens with zero attached hydrogens (tertiary/aromatic N) is 2. The summed E-state index contributed by atoms with van der Waals surface area (Å²) in [5, 5.41) is 14.7. The molecule has 0 aliphatic carbocycles. The van der Waals surface area contributed by atoms with Gasteiger partial charge in [-0.05, 0) is 11.1 Å². The minimum absolute atomic E-state index is 0.499. The molecule has 0 spiro atoms. The summed E-state index contributed by atoms with van der Waals surface area (Å²) in [5.74, 6) is 0. The van der Waals surface area contributed by atoms with Crippen LogP contribution in [0.25, 0.3) is 0 Å². The van der Waals surface area contributed by atoms with Gasteiger partial charge >= 0.3 is 0 Å². The maximum absolute atomic E-state index is 10.8. The van der Waals surface area contributed by atoms with Gasteiger partial charge in [-0.2, -0.15) is 0 Å². The minimum Gasteiger partial charge on any atom is -0.386 e. The molecule has 2 aromatic rings. The van der Waals surface area contributed by atoms with E-state index in [1.165, 1.54) is 5.01 Å². The lowest BCUT2D eigenvalue weighted by Gasteiger charge is -2.28. The second kappa shape index (κ2) is 6.11. The molecule has 0 bridgehead atoms. The van der Waals surface area contributed by atoms with Crippen molar-refractivity contribution in [3.8, 4) is 0 Å². The van der Waals surface area contributed by atoms with Crippen LogP contribution in [0.3, 0.4) is 0 Å². The van der Waals surface area contributed by atoms with Crippen LogP contribution < -0.4 is 0 Å². The summed E-state index contributed by atoms with van der Waals surface area (Å²) in [4.78, 5) is 10.8. The number of nitroso groups, excluding NO2 is 1. The summed E-state index contributed by atoms with van der Waals surface area (Å²) in [6.07, 6.45) is -0.814. The Morgan fingerprint density at radius 1 is 0.947 bits per heavy atom. The highest BCUT2D eigenvalue weighted by atomic mass is 16.3. The highest BCUT2D eigenvalue weighted by Crippen LogP contribution is 2.33. The third kappa shape index (κ3) is 2.98. The second-order valence-corrected chi connectivity index (χ2v) is 4.37. The standard InChI is InChI=1S/C15H16N2O2/c1-17(16-19)14(12-8-4-2-5-9-12)15(18)13-10-6-3-7-11-13/h2-11,14-15,18H,1H3/t14-,15+/m0/s1. The number of benzene rings is 2. The first-order valence-electron chi connectivity index (χ1n) is 6.08. The van der Waals surface area contributed by atoms with Crippen molar-refractivity contribution in [3.63, 3.8) is 0 Å². The van der Waals surface area contributed by atoms with Crippen molar-refractivity contribution < 1.29 is 5.11 Å². The summed E-state index contributed by atoms with van der Waals surface area (Å²) in [6.45, 7) is 0. The number of hydrogen-bond donors (Lipinski definition) is 1. The van der Waals surface area contributed by atoms with Crippen LogP contribution in [0.4, 0.5) is 0 Å². The fourth-order valence-corrected chi connectivity index (χ4v) is 2.14. The first-order valence-corrected chi connectivity index (χ1v) is 6.08. The van der Waals surface area contributed by atoms with E-state index in [1.807, 2.05) is 60.7 Å². The topological polar surface area (TPSA) is 52.9 Å². The summed E-state index contributed by atoms with van der Waals surface area (Å²) in [5.41, 5.74) is 1.60. The zero-order valence-corrected chi connectivity index (χ0v) is 10.7. The third-order valence-corrected chi connectivity index (χ3v) is 3.11. The minimum atomic E-state index is -0.814. The van der Waals surface area contributed by atoms with Gasteiger partial charge < -0.3 is 5.11 Å². The monoisotopic (exact) mass is 256 g/mol. The molecule has 19 heavy (non-hydrogen) atoms. The van der Waals surface area contributed by atoms with Crippen LogP contribution in [0.2, 0.25) is 0 Å². The maximum Gasteiger partial charge on any atom is 0.105 e. The normalized spacial score (nSPS) is 13.6. The fourth-order valence-electron chi connectivity index (χ4n) is 2.14. The van der Waals surface area contributed by atoms with Gasteiger partial charge in [0.1, 0.15) is 12.1 Å². The lowest BCUT2D eigenvalue weighted by atomic mass is 9.95. The first-order chi connectivity index (χ1) is 9.24. The van der Waals surface area contributed by atoms with E-state index in [9.17, 15) is 10.0 Å². The van der Waals surface area contributed by atoms with Crippen molar-refractivity contribution in [1.29, 1.82) is 0 Å². The van der Waals surface area contributed by atoms with E-state index in [0.717, 1.165) is 11.1 Å². The lowest BCUT2D eigenvalue weighted by molar-refractivity contribution is 0.0625. The van der Waals surface area contributed by atoms with Gasteiger partial charge in [-0.3, -0.25) is 5.01 Å². The van der Waals surface area contributed by atoms with Gasteiger partial charge in [0.15, 0.2) is 0 Å². The number of aliphatic hydroxyl groups excluding tert-OH is 1. The van der Waals surface area contributed by atoms with Gasteiger partial charge in [-0.15, -0.1) is 4.91 Å². The molecule has 0 aliphatic rings. The molecule has 4 heteroatoms. The summed E-state index contributed by atoms with van der Waals surface area (Å²) < 4.78 is 0. The van der Waals surface area contributed by atoms with E-state index in [4.69, 9.17) is 0 Å². The Labute approximate surface area is 112 Å². The van der Waals surface area contributed by atoms with Gasteiger partial charge in [0, 0.05) is 7.05 Å². The van der Waals surface area contributed by atoms with E-state index in [-0.39, 0.29) is 0 Å². The average Bonchev–Trinajstić information content (AvgIpc) is 2.49. The van der Waals surface area contributed by atoms with Crippen LogP contribution in [0, 0.1) is 4.91 Å². The van der Waals surface area contributed by atoms with Crippen LogP contribution in [-0.4, -0.2) is 17.2 Å². The highest BCUT2D eigenvalue weighted by molar-refractivity contribution is 5.26. The van der Waals surface area contributed by atoms with Crippen LogP contribution in [0.5, 0.6) is 0 Å². The van der Waals surface area contributed by atoms with E-state index >= 15 is 0 Å². The lowest BCUT2D eigenvalue weighted by Crippen LogP contribution is -2.25. The molecule has 0 radical (unpaired) electrons. The highest BCUT2D eigenvalue weighted by Gasteiger charge is 2.26. The molecule has 2 rings (SSSR count). The molecular formula is C15H16N2O2. The molecule has 0 unspecified atom stereocenters. The van der Waals surface area contributed by atoms with Gasteiger partial charge in [-0.1, -0.05) is 60.7 Å². The number of likely N-dealkylation sites (N-methyl/N-ethyl adjacent to an activating group) is 1. The SMILES string of the molecule is CN(N=O)[C@@H](c1ccccc1)[C@H](O)c1ccccc1. The molecule has 0 aliphatic heterocycles. The molecule has 4 nitrogen and oxygen atoms in total. The molecule has 0 saturated carbocycles. The molecule has 2 aromatic carbocycles. The van der Waals surface area contributed by atoms with Gasteiger partial charge in [-0.25, -0.2) is 0 Å². The Hall–Kier alpha value is -2.20. The van der Waals surface area contributed by atoms with Crippen LogP contribution in [0.1, 0.15) is 23.3 Å². The van der Waals surface area contributed by atoms with E-state index < -0.39 is 12.1 Å². The predicted octanol–water partition coefficient (Wildman–Crippen LogP) is 3.07. The van der Waals surface area contributed by atoms with Gasteiger partial charge in [0.05, 0.1) is 5.29 Å². The molecule has 98 valence electrons. The Morgan fingerprint density at radius 3 is 1.89 bits per heavy atom. The number of aliphatic hydroxyl groups is 1. The Balaban J connectivity index is 2.36. The molecular weight excluding hydrogens is 240 g/mol. The largest absolute Gasteiger partial charge is 0.386 e. The van der Waals surface area contributed by atoms with Crippen LogP contribution in [-0.2, 0) is 0 Å².